The molecule has 0 N–H and O–H groups in total. The van der Waals surface area contributed by atoms with Gasteiger partial charge in [-0.15, -0.1) is 0 Å². The van der Waals surface area contributed by atoms with Crippen LogP contribution < -0.4 is 0 Å². The average Bonchev–Trinajstić information content (AvgIpc) is 2.95. The van der Waals surface area contributed by atoms with Crippen LogP contribution in [0.4, 0.5) is 0 Å². The van der Waals surface area contributed by atoms with E-state index in [4.69, 9.17) is 28.5 Å². The first-order valence-corrected chi connectivity index (χ1v) is 7.37. The van der Waals surface area contributed by atoms with Crippen LogP contribution >= 0.6 is 23.2 Å². The van der Waals surface area contributed by atoms with Crippen molar-refractivity contribution in [2.24, 2.45) is 0 Å². The zero-order valence-corrected chi connectivity index (χ0v) is 13.2. The second-order valence-electron chi connectivity index (χ2n) is 4.90. The number of hydrogen-bond donors (Lipinski definition) is 0. The maximum atomic E-state index is 9.14. The zero-order chi connectivity index (χ0) is 15.7. The molecule has 1 aromatic heterocycles. The molecular formula is C17H11Cl2N3. The Balaban J connectivity index is 2.18. The van der Waals surface area contributed by atoms with Crippen molar-refractivity contribution in [3.05, 3.63) is 69.8 Å². The number of aryl methyl sites for hydroxylation is 1. The predicted molar refractivity (Wildman–Crippen MR) is 88.5 cm³/mol. The van der Waals surface area contributed by atoms with E-state index in [-0.39, 0.29) is 0 Å². The van der Waals surface area contributed by atoms with Crippen LogP contribution in [0.5, 0.6) is 0 Å². The third kappa shape index (κ3) is 2.71. The van der Waals surface area contributed by atoms with Crippen LogP contribution in [-0.2, 0) is 0 Å². The Morgan fingerprint density at radius 2 is 1.73 bits per heavy atom. The molecule has 3 rings (SSSR count). The summed E-state index contributed by atoms with van der Waals surface area (Å²) in [5.74, 6) is 0. The van der Waals surface area contributed by atoms with E-state index in [0.717, 1.165) is 22.5 Å². The van der Waals surface area contributed by atoms with Crippen LogP contribution in [0.2, 0.25) is 10.0 Å². The largest absolute Gasteiger partial charge is 0.232 e. The molecule has 0 fully saturated rings. The molecule has 5 heteroatoms. The highest BCUT2D eigenvalue weighted by Crippen LogP contribution is 2.30. The quantitative estimate of drug-likeness (QED) is 0.662. The molecule has 22 heavy (non-hydrogen) atoms. The van der Waals surface area contributed by atoms with E-state index >= 15 is 0 Å². The van der Waals surface area contributed by atoms with Gasteiger partial charge in [-0.3, -0.25) is 0 Å². The molecule has 1 heterocycles. The Morgan fingerprint density at radius 3 is 2.36 bits per heavy atom. The lowest BCUT2D eigenvalue weighted by molar-refractivity contribution is 0.880. The van der Waals surface area contributed by atoms with Crippen molar-refractivity contribution < 1.29 is 0 Å². The predicted octanol–water partition coefficient (Wildman–Crippen LogP) is 5.03. The number of hydrogen-bond acceptors (Lipinski definition) is 2. The second kappa shape index (κ2) is 5.84. The molecule has 0 radical (unpaired) electrons. The van der Waals surface area contributed by atoms with Gasteiger partial charge in [0.15, 0.2) is 5.69 Å². The number of nitriles is 1. The molecule has 0 unspecified atom stereocenters. The van der Waals surface area contributed by atoms with Crippen molar-refractivity contribution in [3.63, 3.8) is 0 Å². The maximum absolute atomic E-state index is 9.14. The molecule has 0 saturated carbocycles. The molecule has 0 aliphatic rings. The van der Waals surface area contributed by atoms with Gasteiger partial charge >= 0.3 is 0 Å². The molecule has 3 nitrogen and oxygen atoms in total. The molecule has 0 aliphatic heterocycles. The summed E-state index contributed by atoms with van der Waals surface area (Å²) in [6.45, 7) is 2.02. The van der Waals surface area contributed by atoms with Crippen LogP contribution in [0.15, 0.2) is 48.5 Å². The first-order valence-electron chi connectivity index (χ1n) is 6.61. The second-order valence-corrected chi connectivity index (χ2v) is 5.72. The number of benzene rings is 2. The highest BCUT2D eigenvalue weighted by Gasteiger charge is 2.12. The number of aromatic nitrogens is 2. The SMILES string of the molecule is Cc1ccc(-n2nc(C#N)cc2-c2ccc(Cl)c(Cl)c2)cc1. The minimum Gasteiger partial charge on any atom is -0.232 e. The van der Waals surface area contributed by atoms with Gasteiger partial charge in [0.05, 0.1) is 21.4 Å². The van der Waals surface area contributed by atoms with Crippen molar-refractivity contribution in [1.82, 2.24) is 9.78 Å². The lowest BCUT2D eigenvalue weighted by Gasteiger charge is -2.08. The minimum atomic E-state index is 0.349. The summed E-state index contributed by atoms with van der Waals surface area (Å²) in [6.07, 6.45) is 0. The number of rotatable bonds is 2. The smallest absolute Gasteiger partial charge is 0.163 e. The highest BCUT2D eigenvalue weighted by molar-refractivity contribution is 6.42. The fourth-order valence-electron chi connectivity index (χ4n) is 2.18. The Labute approximate surface area is 138 Å². The fraction of sp³-hybridized carbons (Fsp3) is 0.0588. The summed E-state index contributed by atoms with van der Waals surface area (Å²) in [5, 5.41) is 14.4. The topological polar surface area (TPSA) is 41.6 Å². The van der Waals surface area contributed by atoms with Crippen LogP contribution in [-0.4, -0.2) is 9.78 Å². The van der Waals surface area contributed by atoms with Gasteiger partial charge in [0.2, 0.25) is 0 Å². The van der Waals surface area contributed by atoms with Crippen molar-refractivity contribution in [1.29, 1.82) is 5.26 Å². The summed E-state index contributed by atoms with van der Waals surface area (Å²) >= 11 is 12.1. The van der Waals surface area contributed by atoms with E-state index in [9.17, 15) is 0 Å². The van der Waals surface area contributed by atoms with Crippen molar-refractivity contribution in [2.75, 3.05) is 0 Å². The van der Waals surface area contributed by atoms with E-state index in [0.29, 0.717) is 15.7 Å². The molecule has 0 spiro atoms. The molecule has 108 valence electrons. The summed E-state index contributed by atoms with van der Waals surface area (Å²) in [4.78, 5) is 0. The van der Waals surface area contributed by atoms with Gasteiger partial charge < -0.3 is 0 Å². The van der Waals surface area contributed by atoms with Gasteiger partial charge in [-0.25, -0.2) is 4.68 Å². The third-order valence-corrected chi connectivity index (χ3v) is 4.06. The van der Waals surface area contributed by atoms with Crippen LogP contribution in [0.3, 0.4) is 0 Å². The van der Waals surface area contributed by atoms with Gasteiger partial charge in [-0.1, -0.05) is 47.0 Å². The summed E-state index contributed by atoms with van der Waals surface area (Å²) < 4.78 is 1.73. The summed E-state index contributed by atoms with van der Waals surface area (Å²) in [7, 11) is 0. The van der Waals surface area contributed by atoms with Gasteiger partial charge in [0.1, 0.15) is 6.07 Å². The Bertz CT molecular complexity index is 874. The fourth-order valence-corrected chi connectivity index (χ4v) is 2.48. The first kappa shape index (κ1) is 14.6. The van der Waals surface area contributed by atoms with E-state index in [1.807, 2.05) is 37.3 Å². The standard InChI is InChI=1S/C17H11Cl2N3/c1-11-2-5-14(6-3-11)22-17(9-13(10-20)21-22)12-4-7-15(18)16(19)8-12/h2-9H,1H3. The van der Waals surface area contributed by atoms with Crippen LogP contribution in [0.25, 0.3) is 16.9 Å². The van der Waals surface area contributed by atoms with Crippen LogP contribution in [0, 0.1) is 18.3 Å². The van der Waals surface area contributed by atoms with E-state index < -0.39 is 0 Å². The summed E-state index contributed by atoms with van der Waals surface area (Å²) in [5.41, 5.74) is 4.03. The van der Waals surface area contributed by atoms with E-state index in [1.54, 1.807) is 22.9 Å². The molecule has 3 aromatic rings. The average molecular weight is 328 g/mol. The Morgan fingerprint density at radius 1 is 1.00 bits per heavy atom. The van der Waals surface area contributed by atoms with Gasteiger partial charge in [-0.05, 0) is 31.2 Å². The van der Waals surface area contributed by atoms with Crippen molar-refractivity contribution >= 4 is 23.2 Å². The molecule has 0 bridgehead atoms. The molecule has 0 atom stereocenters. The molecular weight excluding hydrogens is 317 g/mol. The lowest BCUT2D eigenvalue weighted by Crippen LogP contribution is -1.99. The van der Waals surface area contributed by atoms with Gasteiger partial charge in [0, 0.05) is 11.6 Å². The zero-order valence-electron chi connectivity index (χ0n) is 11.7. The Hall–Kier alpha value is -2.28. The molecule has 0 aliphatic carbocycles. The summed E-state index contributed by atoms with van der Waals surface area (Å²) in [6, 6.07) is 17.1. The number of nitrogens with zero attached hydrogens (tertiary/aromatic N) is 3. The van der Waals surface area contributed by atoms with Gasteiger partial charge in [-0.2, -0.15) is 10.4 Å². The maximum Gasteiger partial charge on any atom is 0.163 e. The van der Waals surface area contributed by atoms with E-state index in [2.05, 4.69) is 11.2 Å². The lowest BCUT2D eigenvalue weighted by atomic mass is 10.1. The third-order valence-electron chi connectivity index (χ3n) is 3.32. The Kier molecular flexibility index (Phi) is 3.89. The van der Waals surface area contributed by atoms with E-state index in [1.165, 1.54) is 0 Å². The van der Waals surface area contributed by atoms with Crippen LogP contribution in [0.1, 0.15) is 11.3 Å². The number of halogens is 2. The normalized spacial score (nSPS) is 10.5. The first-order chi connectivity index (χ1) is 10.6. The molecule has 0 saturated heterocycles. The van der Waals surface area contributed by atoms with Gasteiger partial charge in [0.25, 0.3) is 0 Å². The van der Waals surface area contributed by atoms with Crippen molar-refractivity contribution in [3.8, 4) is 23.0 Å². The molecule has 2 aromatic carbocycles. The monoisotopic (exact) mass is 327 g/mol. The highest BCUT2D eigenvalue weighted by atomic mass is 35.5. The minimum absolute atomic E-state index is 0.349. The molecule has 0 amide bonds. The van der Waals surface area contributed by atoms with Crippen molar-refractivity contribution in [2.45, 2.75) is 6.92 Å².